The molecule has 3 nitrogen and oxygen atoms in total. The van der Waals surface area contributed by atoms with E-state index < -0.39 is 0 Å². The monoisotopic (exact) mass is 299 g/mol. The molecule has 2 heterocycles. The highest BCUT2D eigenvalue weighted by atomic mass is 16.5. The van der Waals surface area contributed by atoms with Gasteiger partial charge in [0.05, 0.1) is 6.61 Å². The quantitative estimate of drug-likeness (QED) is 0.911. The van der Waals surface area contributed by atoms with Gasteiger partial charge in [0.25, 0.3) is 0 Å². The van der Waals surface area contributed by atoms with Gasteiger partial charge >= 0.3 is 0 Å². The Balaban J connectivity index is 1.58. The molecule has 2 saturated heterocycles. The minimum Gasteiger partial charge on any atom is -0.508 e. The van der Waals surface area contributed by atoms with Gasteiger partial charge in [-0.3, -0.25) is 4.90 Å². The van der Waals surface area contributed by atoms with Crippen molar-refractivity contribution in [2.75, 3.05) is 26.3 Å². The lowest BCUT2D eigenvalue weighted by atomic mass is 9.56. The second-order valence-corrected chi connectivity index (χ2v) is 7.91. The van der Waals surface area contributed by atoms with E-state index in [2.05, 4.69) is 11.0 Å². The number of aromatic hydroxyl groups is 1. The van der Waals surface area contributed by atoms with E-state index in [1.165, 1.54) is 49.9 Å². The van der Waals surface area contributed by atoms with E-state index in [1.807, 2.05) is 12.1 Å². The molecule has 5 rings (SSSR count). The summed E-state index contributed by atoms with van der Waals surface area (Å²) in [5.41, 5.74) is 3.00. The Morgan fingerprint density at radius 1 is 1.27 bits per heavy atom. The van der Waals surface area contributed by atoms with Gasteiger partial charge in [0.2, 0.25) is 0 Å². The minimum absolute atomic E-state index is 0.162. The first-order chi connectivity index (χ1) is 10.8. The van der Waals surface area contributed by atoms with Gasteiger partial charge in [0, 0.05) is 24.6 Å². The van der Waals surface area contributed by atoms with Crippen molar-refractivity contribution >= 4 is 0 Å². The molecule has 1 aromatic rings. The highest BCUT2D eigenvalue weighted by molar-refractivity contribution is 5.45. The summed E-state index contributed by atoms with van der Waals surface area (Å²) in [5.74, 6) is 2.09. The van der Waals surface area contributed by atoms with Gasteiger partial charge in [0.1, 0.15) is 5.75 Å². The zero-order chi connectivity index (χ0) is 14.7. The van der Waals surface area contributed by atoms with E-state index in [1.54, 1.807) is 0 Å². The largest absolute Gasteiger partial charge is 0.508 e. The van der Waals surface area contributed by atoms with Gasteiger partial charge in [-0.15, -0.1) is 0 Å². The molecule has 2 bridgehead atoms. The van der Waals surface area contributed by atoms with Crippen molar-refractivity contribution in [1.82, 2.24) is 4.90 Å². The minimum atomic E-state index is 0.162. The Hall–Kier alpha value is -1.06. The molecule has 3 fully saturated rings. The van der Waals surface area contributed by atoms with Crippen molar-refractivity contribution in [2.45, 2.75) is 43.6 Å². The molecule has 2 aliphatic carbocycles. The number of nitrogens with zero attached hydrogens (tertiary/aromatic N) is 1. The maximum Gasteiger partial charge on any atom is 0.115 e. The number of fused-ring (bicyclic) bond motifs is 1. The summed E-state index contributed by atoms with van der Waals surface area (Å²) in [5, 5.41) is 10.0. The number of piperidine rings is 1. The Labute approximate surface area is 132 Å². The summed E-state index contributed by atoms with van der Waals surface area (Å²) in [6.07, 6.45) is 6.41. The molecule has 1 N–H and O–H groups in total. The van der Waals surface area contributed by atoms with E-state index in [0.29, 0.717) is 17.7 Å². The zero-order valence-corrected chi connectivity index (χ0v) is 13.1. The van der Waals surface area contributed by atoms with Crippen molar-refractivity contribution in [1.29, 1.82) is 0 Å². The first-order valence-corrected chi connectivity index (χ1v) is 8.90. The van der Waals surface area contributed by atoms with Crippen molar-refractivity contribution in [2.24, 2.45) is 11.8 Å². The Bertz CT molecular complexity index is 597. The van der Waals surface area contributed by atoms with Gasteiger partial charge in [0.15, 0.2) is 0 Å². The highest BCUT2D eigenvalue weighted by Crippen LogP contribution is 2.53. The molecule has 2 aliphatic heterocycles. The van der Waals surface area contributed by atoms with Crippen molar-refractivity contribution in [3.63, 3.8) is 0 Å². The molecule has 3 heteroatoms. The molecular weight excluding hydrogens is 274 g/mol. The van der Waals surface area contributed by atoms with Crippen LogP contribution < -0.4 is 0 Å². The molecule has 22 heavy (non-hydrogen) atoms. The smallest absolute Gasteiger partial charge is 0.115 e. The van der Waals surface area contributed by atoms with Crippen molar-refractivity contribution < 1.29 is 9.84 Å². The van der Waals surface area contributed by atoms with E-state index in [-0.39, 0.29) is 5.41 Å². The Morgan fingerprint density at radius 3 is 3.05 bits per heavy atom. The molecule has 1 saturated carbocycles. The van der Waals surface area contributed by atoms with Crippen LogP contribution in [0.5, 0.6) is 5.75 Å². The summed E-state index contributed by atoms with van der Waals surface area (Å²) in [6.45, 7) is 4.28. The van der Waals surface area contributed by atoms with Crippen molar-refractivity contribution in [3.8, 4) is 5.75 Å². The van der Waals surface area contributed by atoms with Crippen molar-refractivity contribution in [3.05, 3.63) is 29.3 Å². The zero-order valence-electron chi connectivity index (χ0n) is 13.1. The number of hydrogen-bond acceptors (Lipinski definition) is 3. The summed E-state index contributed by atoms with van der Waals surface area (Å²) in [4.78, 5) is 2.79. The number of likely N-dealkylation sites (tertiary alicyclic amines) is 1. The number of phenolic OH excluding ortho intramolecular Hbond substituents is 1. The topological polar surface area (TPSA) is 32.7 Å². The average molecular weight is 299 g/mol. The fourth-order valence-electron chi connectivity index (χ4n) is 5.40. The second-order valence-electron chi connectivity index (χ2n) is 7.91. The molecule has 0 amide bonds. The van der Waals surface area contributed by atoms with Crippen LogP contribution in [0.3, 0.4) is 0 Å². The first-order valence-electron chi connectivity index (χ1n) is 8.90. The number of hydrogen-bond donors (Lipinski definition) is 1. The molecule has 0 radical (unpaired) electrons. The molecule has 4 aliphatic rings. The predicted molar refractivity (Wildman–Crippen MR) is 85.1 cm³/mol. The summed E-state index contributed by atoms with van der Waals surface area (Å²) in [6, 6.07) is 6.74. The van der Waals surface area contributed by atoms with E-state index >= 15 is 0 Å². The summed E-state index contributed by atoms with van der Waals surface area (Å²) < 4.78 is 5.94. The molecule has 118 valence electrons. The van der Waals surface area contributed by atoms with Crippen LogP contribution in [0.2, 0.25) is 0 Å². The second kappa shape index (κ2) is 4.72. The first kappa shape index (κ1) is 13.4. The summed E-state index contributed by atoms with van der Waals surface area (Å²) in [7, 11) is 0. The highest BCUT2D eigenvalue weighted by Gasteiger charge is 2.54. The summed E-state index contributed by atoms with van der Waals surface area (Å²) >= 11 is 0. The van der Waals surface area contributed by atoms with E-state index in [4.69, 9.17) is 4.74 Å². The lowest BCUT2D eigenvalue weighted by Crippen LogP contribution is -2.63. The van der Waals surface area contributed by atoms with Gasteiger partial charge in [-0.2, -0.15) is 0 Å². The van der Waals surface area contributed by atoms with Crippen LogP contribution in [0.1, 0.15) is 36.8 Å². The SMILES string of the molecule is Oc1ccc2c(c1)[C@]13CCN(CC4CC4)[C@H](C2)[C@@H]1CCOC3. The molecule has 0 spiro atoms. The predicted octanol–water partition coefficient (Wildman–Crippen LogP) is 2.71. The van der Waals surface area contributed by atoms with Gasteiger partial charge in [-0.1, -0.05) is 6.07 Å². The van der Waals surface area contributed by atoms with Crippen LogP contribution in [0.15, 0.2) is 18.2 Å². The molecule has 0 unspecified atom stereocenters. The van der Waals surface area contributed by atoms with Gasteiger partial charge < -0.3 is 9.84 Å². The lowest BCUT2D eigenvalue weighted by Gasteiger charge is -2.58. The number of benzene rings is 1. The van der Waals surface area contributed by atoms with Gasteiger partial charge in [-0.25, -0.2) is 0 Å². The normalized spacial score (nSPS) is 37.5. The fraction of sp³-hybridized carbons (Fsp3) is 0.684. The third-order valence-electron chi connectivity index (χ3n) is 6.67. The number of ether oxygens (including phenoxy) is 1. The van der Waals surface area contributed by atoms with Crippen LogP contribution in [0.4, 0.5) is 0 Å². The molecule has 1 aromatic carbocycles. The van der Waals surface area contributed by atoms with E-state index in [9.17, 15) is 5.11 Å². The third-order valence-corrected chi connectivity index (χ3v) is 6.67. The standard InChI is InChI=1S/C19H25NO2/c21-15-4-3-14-9-18-16-5-8-22-12-19(16,17(14)10-15)6-7-20(18)11-13-1-2-13/h3-4,10,13,16,18,21H,1-2,5-9,11-12H2/t16-,18+,19-/m0/s1. The maximum absolute atomic E-state index is 10.0. The van der Waals surface area contributed by atoms with E-state index in [0.717, 1.165) is 25.6 Å². The Morgan fingerprint density at radius 2 is 2.18 bits per heavy atom. The number of phenols is 1. The lowest BCUT2D eigenvalue weighted by molar-refractivity contribution is -0.0838. The van der Waals surface area contributed by atoms with Crippen LogP contribution in [-0.2, 0) is 16.6 Å². The fourth-order valence-corrected chi connectivity index (χ4v) is 5.40. The van der Waals surface area contributed by atoms with Crippen LogP contribution >= 0.6 is 0 Å². The van der Waals surface area contributed by atoms with Crippen LogP contribution in [0.25, 0.3) is 0 Å². The Kier molecular flexibility index (Phi) is 2.87. The molecular formula is C19H25NO2. The van der Waals surface area contributed by atoms with Gasteiger partial charge in [-0.05, 0) is 73.7 Å². The molecule has 3 atom stereocenters. The third kappa shape index (κ3) is 1.88. The van der Waals surface area contributed by atoms with Crippen LogP contribution in [0, 0.1) is 11.8 Å². The molecule has 0 aromatic heterocycles. The van der Waals surface area contributed by atoms with Crippen LogP contribution in [-0.4, -0.2) is 42.4 Å². The number of rotatable bonds is 2. The average Bonchev–Trinajstić information content (AvgIpc) is 3.35. The maximum atomic E-state index is 10.0.